The molecule has 0 bridgehead atoms. The van der Waals surface area contributed by atoms with Crippen molar-refractivity contribution in [3.63, 3.8) is 0 Å². The zero-order chi connectivity index (χ0) is 23.5. The number of aromatic nitrogens is 3. The lowest BCUT2D eigenvalue weighted by molar-refractivity contribution is -0.138. The summed E-state index contributed by atoms with van der Waals surface area (Å²) in [5, 5.41) is 17.9. The van der Waals surface area contributed by atoms with E-state index in [-0.39, 0.29) is 35.8 Å². The van der Waals surface area contributed by atoms with Crippen molar-refractivity contribution in [3.8, 4) is 0 Å². The van der Waals surface area contributed by atoms with Crippen molar-refractivity contribution in [2.75, 3.05) is 11.5 Å². The van der Waals surface area contributed by atoms with Gasteiger partial charge >= 0.3 is 6.18 Å². The van der Waals surface area contributed by atoms with Gasteiger partial charge in [0, 0.05) is 24.9 Å². The predicted octanol–water partition coefficient (Wildman–Crippen LogP) is 3.86. The van der Waals surface area contributed by atoms with Gasteiger partial charge in [-0.05, 0) is 66.6 Å². The number of aryl methyl sites for hydroxylation is 1. The van der Waals surface area contributed by atoms with Crippen LogP contribution in [0.1, 0.15) is 51.3 Å². The van der Waals surface area contributed by atoms with Gasteiger partial charge in [-0.3, -0.25) is 4.79 Å². The number of carbonyl (C=O) groups is 1. The second-order valence-corrected chi connectivity index (χ2v) is 8.91. The van der Waals surface area contributed by atoms with E-state index in [9.17, 15) is 23.1 Å². The molecule has 0 saturated heterocycles. The molecule has 5 rings (SSSR count). The molecule has 2 aliphatic rings. The van der Waals surface area contributed by atoms with Crippen molar-refractivity contribution < 1.29 is 23.1 Å². The van der Waals surface area contributed by atoms with Crippen molar-refractivity contribution in [1.82, 2.24) is 14.8 Å². The summed E-state index contributed by atoms with van der Waals surface area (Å²) in [6, 6.07) is 9.67. The predicted molar refractivity (Wildman–Crippen MR) is 114 cm³/mol. The Kier molecular flexibility index (Phi) is 4.86. The van der Waals surface area contributed by atoms with Crippen LogP contribution in [-0.4, -0.2) is 32.4 Å². The lowest BCUT2D eigenvalue weighted by Gasteiger charge is -2.46. The first-order valence-electron chi connectivity index (χ1n) is 10.6. The summed E-state index contributed by atoms with van der Waals surface area (Å²) >= 11 is 0. The number of rotatable bonds is 4. The van der Waals surface area contributed by atoms with E-state index in [2.05, 4.69) is 17.1 Å². The molecular weight excluding hydrogens is 433 g/mol. The van der Waals surface area contributed by atoms with E-state index in [0.29, 0.717) is 18.5 Å². The van der Waals surface area contributed by atoms with E-state index in [1.165, 1.54) is 11.0 Å². The van der Waals surface area contributed by atoms with Crippen LogP contribution in [0.4, 0.5) is 18.9 Å². The number of anilines is 1. The van der Waals surface area contributed by atoms with E-state index in [4.69, 9.17) is 0 Å². The van der Waals surface area contributed by atoms with Crippen molar-refractivity contribution in [2.45, 2.75) is 31.0 Å². The van der Waals surface area contributed by atoms with Crippen molar-refractivity contribution in [2.24, 2.45) is 13.0 Å². The quantitative estimate of drug-likeness (QED) is 0.649. The van der Waals surface area contributed by atoms with Crippen LogP contribution in [0.25, 0.3) is 0 Å². The van der Waals surface area contributed by atoms with Crippen molar-refractivity contribution >= 4 is 11.6 Å². The Labute approximate surface area is 188 Å². The van der Waals surface area contributed by atoms with E-state index in [1.54, 1.807) is 18.5 Å². The maximum Gasteiger partial charge on any atom is 0.416 e. The van der Waals surface area contributed by atoms with Crippen LogP contribution >= 0.6 is 0 Å². The fourth-order valence-electron chi connectivity index (χ4n) is 5.22. The van der Waals surface area contributed by atoms with Gasteiger partial charge in [0.1, 0.15) is 12.2 Å². The smallest absolute Gasteiger partial charge is 0.396 e. The Bertz CT molecular complexity index is 1240. The number of halogens is 3. The minimum atomic E-state index is -4.57. The average Bonchev–Trinajstić information content (AvgIpc) is 3.31. The topological polar surface area (TPSA) is 71.2 Å². The highest BCUT2D eigenvalue weighted by atomic mass is 19.4. The van der Waals surface area contributed by atoms with Gasteiger partial charge in [-0.1, -0.05) is 12.1 Å². The molecule has 1 radical (unpaired) electrons. The third-order valence-corrected chi connectivity index (χ3v) is 6.79. The normalized spacial score (nSPS) is 22.4. The zero-order valence-corrected chi connectivity index (χ0v) is 17.9. The number of carbonyl (C=O) groups excluding carboxylic acids is 1. The maximum absolute atomic E-state index is 13.6. The number of nitrogens with zero attached hydrogens (tertiary/aromatic N) is 4. The number of aliphatic hydroxyl groups is 1. The summed E-state index contributed by atoms with van der Waals surface area (Å²) in [6.07, 6.45) is -1.63. The lowest BCUT2D eigenvalue weighted by atomic mass is 9.58. The Hall–Kier alpha value is -3.20. The molecule has 2 heterocycles. The monoisotopic (exact) mass is 455 g/mol. The molecule has 0 unspecified atom stereocenters. The molecule has 1 N–H and O–H groups in total. The fourth-order valence-corrected chi connectivity index (χ4v) is 5.22. The molecule has 1 aromatic heterocycles. The lowest BCUT2D eigenvalue weighted by Crippen LogP contribution is -2.45. The van der Waals surface area contributed by atoms with Crippen LogP contribution in [-0.2, 0) is 25.2 Å². The van der Waals surface area contributed by atoms with Gasteiger partial charge in [0.15, 0.2) is 0 Å². The Morgan fingerprint density at radius 2 is 2.00 bits per heavy atom. The molecular formula is C24H22F3N4O2. The molecule has 9 heteroatoms. The summed E-state index contributed by atoms with van der Waals surface area (Å²) in [6.45, 7) is 3.51. The molecule has 3 aromatic rings. The molecule has 1 aliphatic carbocycles. The first kappa shape index (κ1) is 21.6. The Balaban J connectivity index is 1.55. The number of benzene rings is 2. The van der Waals surface area contributed by atoms with Gasteiger partial charge in [-0.25, -0.2) is 0 Å². The molecule has 1 aliphatic heterocycles. The highest BCUT2D eigenvalue weighted by Gasteiger charge is 2.50. The summed E-state index contributed by atoms with van der Waals surface area (Å²) in [7, 11) is 1.85. The highest BCUT2D eigenvalue weighted by molar-refractivity contribution is 6.10. The minimum absolute atomic E-state index is 0.0303. The SMILES string of the molecule is [CH2]c1cc2c(c(C(F)(F)F)c1)CN(c1cccc(C3(c4nncn4C)CC(CO)C3)c1)C2=O. The first-order chi connectivity index (χ1) is 15.6. The molecule has 1 fully saturated rings. The third kappa shape index (κ3) is 3.33. The number of alkyl halides is 3. The molecule has 6 nitrogen and oxygen atoms in total. The van der Waals surface area contributed by atoms with Gasteiger partial charge < -0.3 is 14.6 Å². The molecule has 33 heavy (non-hydrogen) atoms. The first-order valence-corrected chi connectivity index (χ1v) is 10.6. The van der Waals surface area contributed by atoms with Gasteiger partial charge in [0.2, 0.25) is 0 Å². The summed E-state index contributed by atoms with van der Waals surface area (Å²) in [5.41, 5.74) is 0.250. The van der Waals surface area contributed by atoms with Gasteiger partial charge in [0.25, 0.3) is 5.91 Å². The van der Waals surface area contributed by atoms with E-state index in [1.807, 2.05) is 23.7 Å². The molecule has 1 saturated carbocycles. The molecule has 2 aromatic carbocycles. The number of hydrogen-bond donors (Lipinski definition) is 1. The van der Waals surface area contributed by atoms with Gasteiger partial charge in [0.05, 0.1) is 17.5 Å². The van der Waals surface area contributed by atoms with Crippen LogP contribution < -0.4 is 4.90 Å². The van der Waals surface area contributed by atoms with Gasteiger partial charge in [-0.2, -0.15) is 13.2 Å². The Morgan fingerprint density at radius 3 is 2.64 bits per heavy atom. The number of fused-ring (bicyclic) bond motifs is 1. The van der Waals surface area contributed by atoms with Crippen molar-refractivity contribution in [3.05, 3.63) is 83.3 Å². The standard InChI is InChI=1S/C24H22F3N4O2/c1-14-6-18-19(20(7-14)24(25,26)27)11-31(21(18)33)17-5-3-4-16(8-17)23(9-15(10-23)12-32)22-29-28-13-30(22)2/h3-8,13,15,32H,1,9-12H2,2H3. The van der Waals surface area contributed by atoms with E-state index < -0.39 is 23.1 Å². The molecule has 1 amide bonds. The van der Waals surface area contributed by atoms with Gasteiger partial charge in [-0.15, -0.1) is 10.2 Å². The summed E-state index contributed by atoms with van der Waals surface area (Å²) in [4.78, 5) is 14.5. The van der Waals surface area contributed by atoms with Crippen LogP contribution in [0.3, 0.4) is 0 Å². The fraction of sp³-hybridized carbons (Fsp3) is 0.333. The minimum Gasteiger partial charge on any atom is -0.396 e. The Morgan fingerprint density at radius 1 is 1.24 bits per heavy atom. The van der Waals surface area contributed by atoms with Crippen LogP contribution in [0.2, 0.25) is 0 Å². The second kappa shape index (κ2) is 7.41. The van der Waals surface area contributed by atoms with E-state index in [0.717, 1.165) is 17.5 Å². The average molecular weight is 455 g/mol. The second-order valence-electron chi connectivity index (χ2n) is 8.91. The van der Waals surface area contributed by atoms with Crippen LogP contribution in [0.5, 0.6) is 0 Å². The summed E-state index contributed by atoms with van der Waals surface area (Å²) in [5.74, 6) is 0.391. The molecule has 0 spiro atoms. The van der Waals surface area contributed by atoms with Crippen LogP contribution in [0, 0.1) is 12.8 Å². The third-order valence-electron chi connectivity index (χ3n) is 6.79. The highest BCUT2D eigenvalue weighted by Crippen LogP contribution is 2.52. The zero-order valence-electron chi connectivity index (χ0n) is 17.9. The van der Waals surface area contributed by atoms with Crippen LogP contribution in [0.15, 0.2) is 42.7 Å². The van der Waals surface area contributed by atoms with Crippen molar-refractivity contribution in [1.29, 1.82) is 0 Å². The molecule has 171 valence electrons. The number of aliphatic hydroxyl groups excluding tert-OH is 1. The van der Waals surface area contributed by atoms with E-state index >= 15 is 0 Å². The summed E-state index contributed by atoms with van der Waals surface area (Å²) < 4.78 is 42.7. The number of amides is 1. The number of hydrogen-bond acceptors (Lipinski definition) is 4. The maximum atomic E-state index is 13.6. The largest absolute Gasteiger partial charge is 0.416 e. The molecule has 0 atom stereocenters.